The largest absolute Gasteiger partial charge is 0.377 e. The molecule has 0 bridgehead atoms. The molecule has 0 fully saturated rings. The number of nitriles is 1. The molecule has 4 nitrogen and oxygen atoms in total. The standard InChI is InChI=1S/C18H18N2O2/c19-13-16-8-4-9-17(12-16)20-18(21)10-5-11-22-14-15-6-2-1-3-7-15/h1-4,6-9,12H,5,10-11,14H2,(H,20,21). The summed E-state index contributed by atoms with van der Waals surface area (Å²) >= 11 is 0. The van der Waals surface area contributed by atoms with E-state index in [1.165, 1.54) is 0 Å². The minimum absolute atomic E-state index is 0.0709. The van der Waals surface area contributed by atoms with Gasteiger partial charge in [-0.3, -0.25) is 4.79 Å². The Morgan fingerprint density at radius 2 is 1.95 bits per heavy atom. The maximum atomic E-state index is 11.8. The van der Waals surface area contributed by atoms with Crippen molar-refractivity contribution in [3.63, 3.8) is 0 Å². The Morgan fingerprint density at radius 1 is 1.14 bits per heavy atom. The number of ether oxygens (including phenoxy) is 1. The van der Waals surface area contributed by atoms with E-state index < -0.39 is 0 Å². The van der Waals surface area contributed by atoms with Gasteiger partial charge in [0.25, 0.3) is 0 Å². The number of nitrogens with one attached hydrogen (secondary N) is 1. The molecular weight excluding hydrogens is 276 g/mol. The van der Waals surface area contributed by atoms with Gasteiger partial charge in [0.1, 0.15) is 0 Å². The molecule has 2 aromatic carbocycles. The Morgan fingerprint density at radius 3 is 2.73 bits per heavy atom. The van der Waals surface area contributed by atoms with Gasteiger partial charge in [0.05, 0.1) is 18.2 Å². The molecule has 1 N–H and O–H groups in total. The normalized spacial score (nSPS) is 9.95. The zero-order chi connectivity index (χ0) is 15.6. The lowest BCUT2D eigenvalue weighted by Gasteiger charge is -2.06. The number of carbonyl (C=O) groups excluding carboxylic acids is 1. The second-order valence-electron chi connectivity index (χ2n) is 4.88. The van der Waals surface area contributed by atoms with Crippen molar-refractivity contribution in [3.8, 4) is 6.07 Å². The molecule has 22 heavy (non-hydrogen) atoms. The minimum Gasteiger partial charge on any atom is -0.377 e. The Bertz CT molecular complexity index is 648. The third-order valence-corrected chi connectivity index (χ3v) is 3.08. The molecule has 0 heterocycles. The van der Waals surface area contributed by atoms with Crippen molar-refractivity contribution in [3.05, 3.63) is 65.7 Å². The number of anilines is 1. The molecule has 0 aliphatic heterocycles. The molecule has 0 saturated carbocycles. The fourth-order valence-corrected chi connectivity index (χ4v) is 1.99. The van der Waals surface area contributed by atoms with Gasteiger partial charge in [-0.15, -0.1) is 0 Å². The molecular formula is C18H18N2O2. The predicted octanol–water partition coefficient (Wildman–Crippen LogP) is 3.49. The molecule has 0 atom stereocenters. The first kappa shape index (κ1) is 15.7. The van der Waals surface area contributed by atoms with Crippen molar-refractivity contribution in [1.82, 2.24) is 0 Å². The van der Waals surface area contributed by atoms with Crippen LogP contribution in [0.15, 0.2) is 54.6 Å². The van der Waals surface area contributed by atoms with Crippen LogP contribution in [0.5, 0.6) is 0 Å². The third kappa shape index (κ3) is 5.39. The van der Waals surface area contributed by atoms with E-state index >= 15 is 0 Å². The van der Waals surface area contributed by atoms with E-state index in [9.17, 15) is 4.79 Å². The lowest BCUT2D eigenvalue weighted by atomic mass is 10.2. The molecule has 2 aromatic rings. The molecule has 0 spiro atoms. The van der Waals surface area contributed by atoms with Crippen LogP contribution in [-0.4, -0.2) is 12.5 Å². The summed E-state index contributed by atoms with van der Waals surface area (Å²) in [5, 5.41) is 11.6. The zero-order valence-corrected chi connectivity index (χ0v) is 12.3. The lowest BCUT2D eigenvalue weighted by molar-refractivity contribution is -0.116. The highest BCUT2D eigenvalue weighted by Gasteiger charge is 2.03. The highest BCUT2D eigenvalue weighted by Crippen LogP contribution is 2.10. The number of hydrogen-bond donors (Lipinski definition) is 1. The van der Waals surface area contributed by atoms with E-state index in [2.05, 4.69) is 5.32 Å². The van der Waals surface area contributed by atoms with Gasteiger partial charge in [-0.2, -0.15) is 5.26 Å². The molecule has 112 valence electrons. The van der Waals surface area contributed by atoms with Crippen molar-refractivity contribution >= 4 is 11.6 Å². The molecule has 0 saturated heterocycles. The van der Waals surface area contributed by atoms with E-state index in [-0.39, 0.29) is 5.91 Å². The summed E-state index contributed by atoms with van der Waals surface area (Å²) in [5.74, 6) is -0.0709. The number of hydrogen-bond acceptors (Lipinski definition) is 3. The van der Waals surface area contributed by atoms with Gasteiger partial charge in [-0.1, -0.05) is 36.4 Å². The Kier molecular flexibility index (Phi) is 6.16. The SMILES string of the molecule is N#Cc1cccc(NC(=O)CCCOCc2ccccc2)c1. The van der Waals surface area contributed by atoms with Crippen LogP contribution < -0.4 is 5.32 Å². The summed E-state index contributed by atoms with van der Waals surface area (Å²) in [5.41, 5.74) is 2.30. The smallest absolute Gasteiger partial charge is 0.224 e. The van der Waals surface area contributed by atoms with Crippen molar-refractivity contribution in [2.24, 2.45) is 0 Å². The van der Waals surface area contributed by atoms with E-state index in [0.29, 0.717) is 37.3 Å². The summed E-state index contributed by atoms with van der Waals surface area (Å²) < 4.78 is 5.53. The maximum absolute atomic E-state index is 11.8. The molecule has 2 rings (SSSR count). The highest BCUT2D eigenvalue weighted by molar-refractivity contribution is 5.90. The molecule has 0 unspecified atom stereocenters. The van der Waals surface area contributed by atoms with Crippen LogP contribution in [-0.2, 0) is 16.1 Å². The first-order valence-corrected chi connectivity index (χ1v) is 7.19. The monoisotopic (exact) mass is 294 g/mol. The first-order valence-electron chi connectivity index (χ1n) is 7.19. The second kappa shape index (κ2) is 8.60. The second-order valence-corrected chi connectivity index (χ2v) is 4.88. The number of carbonyl (C=O) groups is 1. The molecule has 0 radical (unpaired) electrons. The average molecular weight is 294 g/mol. The number of benzene rings is 2. The molecule has 4 heteroatoms. The van der Waals surface area contributed by atoms with Crippen LogP contribution in [0.4, 0.5) is 5.69 Å². The Hall–Kier alpha value is -2.64. The van der Waals surface area contributed by atoms with Gasteiger partial charge < -0.3 is 10.1 Å². The summed E-state index contributed by atoms with van der Waals surface area (Å²) in [7, 11) is 0. The fraction of sp³-hybridized carbons (Fsp3) is 0.222. The molecule has 0 aliphatic rings. The van der Waals surface area contributed by atoms with E-state index in [4.69, 9.17) is 10.00 Å². The maximum Gasteiger partial charge on any atom is 0.224 e. The topological polar surface area (TPSA) is 62.1 Å². The van der Waals surface area contributed by atoms with Crippen molar-refractivity contribution in [2.75, 3.05) is 11.9 Å². The predicted molar refractivity (Wildman–Crippen MR) is 85.1 cm³/mol. The summed E-state index contributed by atoms with van der Waals surface area (Å²) in [4.78, 5) is 11.8. The zero-order valence-electron chi connectivity index (χ0n) is 12.3. The van der Waals surface area contributed by atoms with Gasteiger partial charge in [-0.25, -0.2) is 0 Å². The van der Waals surface area contributed by atoms with Crippen LogP contribution in [0.1, 0.15) is 24.0 Å². The number of amides is 1. The van der Waals surface area contributed by atoms with Crippen LogP contribution in [0.3, 0.4) is 0 Å². The quantitative estimate of drug-likeness (QED) is 0.795. The van der Waals surface area contributed by atoms with Gasteiger partial charge in [0.15, 0.2) is 0 Å². The summed E-state index contributed by atoms with van der Waals surface area (Å²) in [6.45, 7) is 1.10. The van der Waals surface area contributed by atoms with E-state index in [0.717, 1.165) is 5.56 Å². The summed E-state index contributed by atoms with van der Waals surface area (Å²) in [6, 6.07) is 18.9. The Labute approximate surface area is 130 Å². The number of rotatable bonds is 7. The molecule has 1 amide bonds. The van der Waals surface area contributed by atoms with E-state index in [1.54, 1.807) is 24.3 Å². The minimum atomic E-state index is -0.0709. The van der Waals surface area contributed by atoms with Gasteiger partial charge in [0.2, 0.25) is 5.91 Å². The van der Waals surface area contributed by atoms with Crippen LogP contribution >= 0.6 is 0 Å². The van der Waals surface area contributed by atoms with Crippen molar-refractivity contribution < 1.29 is 9.53 Å². The van der Waals surface area contributed by atoms with Gasteiger partial charge >= 0.3 is 0 Å². The first-order chi connectivity index (χ1) is 10.8. The number of nitrogens with zero attached hydrogens (tertiary/aromatic N) is 1. The third-order valence-electron chi connectivity index (χ3n) is 3.08. The van der Waals surface area contributed by atoms with Crippen LogP contribution in [0, 0.1) is 11.3 Å². The van der Waals surface area contributed by atoms with Crippen LogP contribution in [0.25, 0.3) is 0 Å². The summed E-state index contributed by atoms with van der Waals surface area (Å²) in [6.07, 6.45) is 1.06. The van der Waals surface area contributed by atoms with Gasteiger partial charge in [0, 0.05) is 18.7 Å². The average Bonchev–Trinajstić information content (AvgIpc) is 2.55. The van der Waals surface area contributed by atoms with Crippen molar-refractivity contribution in [1.29, 1.82) is 5.26 Å². The van der Waals surface area contributed by atoms with Crippen LogP contribution in [0.2, 0.25) is 0 Å². The fourth-order valence-electron chi connectivity index (χ4n) is 1.99. The molecule has 0 aliphatic carbocycles. The highest BCUT2D eigenvalue weighted by atomic mass is 16.5. The van der Waals surface area contributed by atoms with E-state index in [1.807, 2.05) is 36.4 Å². The van der Waals surface area contributed by atoms with Crippen molar-refractivity contribution in [2.45, 2.75) is 19.4 Å². The Balaban J connectivity index is 1.64. The van der Waals surface area contributed by atoms with Gasteiger partial charge in [-0.05, 0) is 30.2 Å². The molecule has 0 aromatic heterocycles. The lowest BCUT2D eigenvalue weighted by Crippen LogP contribution is -2.12.